The van der Waals surface area contributed by atoms with Crippen molar-refractivity contribution in [1.82, 2.24) is 0 Å². The standard InChI is InChI=1S/C22H16BrClF4N2O3S/c1-13-2-6-16(7-3-13)34(32,33)30(15-5-8-18(24)17(11-15)22(26,27)28)12-21(31)29-20-9-4-14(23)10-19(20)25/h2-11H,12H2,1H3,(H,29,31). The van der Waals surface area contributed by atoms with Crippen molar-refractivity contribution >= 4 is 54.8 Å². The molecule has 0 atom stereocenters. The van der Waals surface area contributed by atoms with E-state index in [0.717, 1.165) is 23.8 Å². The van der Waals surface area contributed by atoms with Gasteiger partial charge in [-0.05, 0) is 55.5 Å². The van der Waals surface area contributed by atoms with Crippen molar-refractivity contribution in [1.29, 1.82) is 0 Å². The number of rotatable bonds is 6. The first-order chi connectivity index (χ1) is 15.8. The highest BCUT2D eigenvalue weighted by molar-refractivity contribution is 9.10. The molecule has 3 rings (SSSR count). The molecule has 0 aliphatic heterocycles. The Labute approximate surface area is 206 Å². The Kier molecular flexibility index (Phi) is 7.59. The summed E-state index contributed by atoms with van der Waals surface area (Å²) in [6, 6.07) is 11.8. The zero-order valence-corrected chi connectivity index (χ0v) is 20.5. The molecule has 0 aliphatic carbocycles. The molecule has 12 heteroatoms. The number of halogens is 6. The highest BCUT2D eigenvalue weighted by Crippen LogP contribution is 2.38. The molecule has 0 spiro atoms. The van der Waals surface area contributed by atoms with E-state index in [1.807, 2.05) is 0 Å². The van der Waals surface area contributed by atoms with E-state index < -0.39 is 50.7 Å². The number of sulfonamides is 1. The minimum Gasteiger partial charge on any atom is -0.322 e. The van der Waals surface area contributed by atoms with Gasteiger partial charge in [0.25, 0.3) is 10.0 Å². The summed E-state index contributed by atoms with van der Waals surface area (Å²) in [4.78, 5) is 12.4. The summed E-state index contributed by atoms with van der Waals surface area (Å²) < 4.78 is 81.9. The second-order valence-electron chi connectivity index (χ2n) is 7.16. The van der Waals surface area contributed by atoms with Gasteiger partial charge in [0.2, 0.25) is 5.91 Å². The molecule has 0 heterocycles. The van der Waals surface area contributed by atoms with Crippen LogP contribution in [-0.4, -0.2) is 20.9 Å². The van der Waals surface area contributed by atoms with Gasteiger partial charge in [0.1, 0.15) is 12.4 Å². The summed E-state index contributed by atoms with van der Waals surface area (Å²) >= 11 is 8.74. The Balaban J connectivity index is 2.05. The highest BCUT2D eigenvalue weighted by atomic mass is 79.9. The van der Waals surface area contributed by atoms with E-state index in [2.05, 4.69) is 21.2 Å². The number of amides is 1. The van der Waals surface area contributed by atoms with Gasteiger partial charge in [0.05, 0.1) is 26.9 Å². The SMILES string of the molecule is Cc1ccc(S(=O)(=O)N(CC(=O)Nc2ccc(Br)cc2F)c2ccc(Cl)c(C(F)(F)F)c2)cc1. The van der Waals surface area contributed by atoms with Crippen LogP contribution in [0.25, 0.3) is 0 Å². The van der Waals surface area contributed by atoms with E-state index in [4.69, 9.17) is 11.6 Å². The molecule has 1 amide bonds. The summed E-state index contributed by atoms with van der Waals surface area (Å²) in [5.74, 6) is -1.76. The fourth-order valence-electron chi connectivity index (χ4n) is 2.95. The zero-order chi connectivity index (χ0) is 25.3. The van der Waals surface area contributed by atoms with Gasteiger partial charge in [-0.25, -0.2) is 12.8 Å². The van der Waals surface area contributed by atoms with Crippen LogP contribution < -0.4 is 9.62 Å². The Bertz CT molecular complexity index is 1330. The van der Waals surface area contributed by atoms with Crippen LogP contribution in [-0.2, 0) is 21.0 Å². The Morgan fingerprint density at radius 2 is 1.71 bits per heavy atom. The van der Waals surface area contributed by atoms with Crippen molar-refractivity contribution in [3.05, 3.63) is 87.1 Å². The van der Waals surface area contributed by atoms with Crippen LogP contribution in [0.3, 0.4) is 0 Å². The average Bonchev–Trinajstić information content (AvgIpc) is 2.74. The Hall–Kier alpha value is -2.63. The molecule has 5 nitrogen and oxygen atoms in total. The summed E-state index contributed by atoms with van der Waals surface area (Å²) in [6.07, 6.45) is -4.87. The molecule has 0 aliphatic rings. The third kappa shape index (κ3) is 5.89. The summed E-state index contributed by atoms with van der Waals surface area (Å²) in [5, 5.41) is 1.60. The number of benzene rings is 3. The summed E-state index contributed by atoms with van der Waals surface area (Å²) in [5.41, 5.74) is -1.19. The van der Waals surface area contributed by atoms with E-state index in [0.29, 0.717) is 14.8 Å². The molecule has 0 radical (unpaired) electrons. The van der Waals surface area contributed by atoms with Gasteiger partial charge in [-0.15, -0.1) is 0 Å². The number of nitrogens with one attached hydrogen (secondary N) is 1. The number of carbonyl (C=O) groups is 1. The van der Waals surface area contributed by atoms with Crippen LogP contribution >= 0.6 is 27.5 Å². The van der Waals surface area contributed by atoms with Gasteiger partial charge in [-0.1, -0.05) is 45.2 Å². The number of anilines is 2. The lowest BCUT2D eigenvalue weighted by Crippen LogP contribution is -2.38. The Morgan fingerprint density at radius 3 is 2.29 bits per heavy atom. The van der Waals surface area contributed by atoms with E-state index in [9.17, 15) is 30.8 Å². The fourth-order valence-corrected chi connectivity index (χ4v) is 4.92. The minimum atomic E-state index is -4.87. The molecular weight excluding hydrogens is 564 g/mol. The predicted octanol–water partition coefficient (Wildman–Crippen LogP) is 6.40. The predicted molar refractivity (Wildman–Crippen MR) is 125 cm³/mol. The summed E-state index contributed by atoms with van der Waals surface area (Å²) in [6.45, 7) is 0.799. The van der Waals surface area contributed by atoms with Crippen LogP contribution in [0.2, 0.25) is 5.02 Å². The smallest absolute Gasteiger partial charge is 0.322 e. The molecule has 34 heavy (non-hydrogen) atoms. The van der Waals surface area contributed by atoms with Crippen molar-refractivity contribution in [3.63, 3.8) is 0 Å². The molecule has 0 aromatic heterocycles. The number of hydrogen-bond donors (Lipinski definition) is 1. The van der Waals surface area contributed by atoms with E-state index in [1.165, 1.54) is 36.4 Å². The van der Waals surface area contributed by atoms with Gasteiger partial charge >= 0.3 is 6.18 Å². The second-order valence-corrected chi connectivity index (χ2v) is 10.3. The van der Waals surface area contributed by atoms with Gasteiger partial charge in [0, 0.05) is 4.47 Å². The van der Waals surface area contributed by atoms with Crippen molar-refractivity contribution in [2.75, 3.05) is 16.2 Å². The molecular formula is C22H16BrClF4N2O3S. The van der Waals surface area contributed by atoms with Gasteiger partial charge in [-0.3, -0.25) is 9.10 Å². The molecule has 0 bridgehead atoms. The number of aryl methyl sites for hydroxylation is 1. The van der Waals surface area contributed by atoms with Crippen molar-refractivity contribution in [2.45, 2.75) is 18.0 Å². The maximum absolute atomic E-state index is 14.1. The van der Waals surface area contributed by atoms with Crippen LogP contribution in [0.15, 0.2) is 70.0 Å². The molecule has 1 N–H and O–H groups in total. The van der Waals surface area contributed by atoms with Gasteiger partial charge in [0.15, 0.2) is 0 Å². The van der Waals surface area contributed by atoms with E-state index in [-0.39, 0.29) is 10.6 Å². The van der Waals surface area contributed by atoms with Crippen molar-refractivity contribution in [2.24, 2.45) is 0 Å². The maximum Gasteiger partial charge on any atom is 0.417 e. The van der Waals surface area contributed by atoms with Crippen LogP contribution in [0.5, 0.6) is 0 Å². The molecule has 3 aromatic rings. The molecule has 3 aromatic carbocycles. The van der Waals surface area contributed by atoms with Crippen LogP contribution in [0.4, 0.5) is 28.9 Å². The molecule has 0 fully saturated rings. The average molecular weight is 580 g/mol. The van der Waals surface area contributed by atoms with Gasteiger partial charge in [-0.2, -0.15) is 13.2 Å². The number of alkyl halides is 3. The molecule has 0 unspecified atom stereocenters. The first kappa shape index (κ1) is 26.0. The van der Waals surface area contributed by atoms with Crippen molar-refractivity contribution < 1.29 is 30.8 Å². The highest BCUT2D eigenvalue weighted by Gasteiger charge is 2.35. The molecule has 0 saturated carbocycles. The van der Waals surface area contributed by atoms with Crippen LogP contribution in [0, 0.1) is 12.7 Å². The maximum atomic E-state index is 14.1. The minimum absolute atomic E-state index is 0.229. The van der Waals surface area contributed by atoms with Crippen LogP contribution in [0.1, 0.15) is 11.1 Å². The van der Waals surface area contributed by atoms with Gasteiger partial charge < -0.3 is 5.32 Å². The molecule has 180 valence electrons. The largest absolute Gasteiger partial charge is 0.417 e. The fraction of sp³-hybridized carbons (Fsp3) is 0.136. The third-order valence-corrected chi connectivity index (χ3v) is 7.26. The molecule has 0 saturated heterocycles. The third-order valence-electron chi connectivity index (χ3n) is 4.64. The lowest BCUT2D eigenvalue weighted by atomic mass is 10.2. The van der Waals surface area contributed by atoms with E-state index >= 15 is 0 Å². The topological polar surface area (TPSA) is 66.5 Å². The lowest BCUT2D eigenvalue weighted by molar-refractivity contribution is -0.137. The number of carbonyl (C=O) groups excluding carboxylic acids is 1. The number of nitrogens with zero attached hydrogens (tertiary/aromatic N) is 1. The first-order valence-corrected chi connectivity index (χ1v) is 12.1. The zero-order valence-electron chi connectivity index (χ0n) is 17.3. The normalized spacial score (nSPS) is 11.9. The lowest BCUT2D eigenvalue weighted by Gasteiger charge is -2.25. The monoisotopic (exact) mass is 578 g/mol. The van der Waals surface area contributed by atoms with E-state index in [1.54, 1.807) is 6.92 Å². The quantitative estimate of drug-likeness (QED) is 0.344. The Morgan fingerprint density at radius 1 is 1.06 bits per heavy atom. The second kappa shape index (κ2) is 9.93. The number of hydrogen-bond acceptors (Lipinski definition) is 3. The first-order valence-electron chi connectivity index (χ1n) is 9.50. The summed E-state index contributed by atoms with van der Waals surface area (Å²) in [7, 11) is -4.49. The van der Waals surface area contributed by atoms with Crippen molar-refractivity contribution in [3.8, 4) is 0 Å².